The third-order valence-corrected chi connectivity index (χ3v) is 3.95. The number of carbonyl (C=O) groups excluding carboxylic acids is 1. The van der Waals surface area contributed by atoms with Crippen LogP contribution in [0.1, 0.15) is 26.2 Å². The lowest BCUT2D eigenvalue weighted by Gasteiger charge is -2.27. The lowest BCUT2D eigenvalue weighted by molar-refractivity contribution is -0.119. The molecule has 2 rings (SSSR count). The van der Waals surface area contributed by atoms with E-state index in [1.807, 2.05) is 0 Å². The van der Waals surface area contributed by atoms with Gasteiger partial charge in [0, 0.05) is 13.0 Å². The fourth-order valence-electron chi connectivity index (χ4n) is 3.11. The van der Waals surface area contributed by atoms with E-state index >= 15 is 0 Å². The highest BCUT2D eigenvalue weighted by atomic mass is 16.7. The zero-order chi connectivity index (χ0) is 11.6. The van der Waals surface area contributed by atoms with E-state index in [9.17, 15) is 4.79 Å². The average Bonchev–Trinajstić information content (AvgIpc) is 2.55. The van der Waals surface area contributed by atoms with Crippen LogP contribution in [0.5, 0.6) is 0 Å². The maximum atomic E-state index is 11.6. The fraction of sp³-hybridized carbons (Fsp3) is 0.769. The molecule has 2 aliphatic rings. The Morgan fingerprint density at radius 1 is 1.50 bits per heavy atom. The van der Waals surface area contributed by atoms with Gasteiger partial charge in [-0.2, -0.15) is 0 Å². The van der Waals surface area contributed by atoms with Gasteiger partial charge in [-0.15, -0.1) is 0 Å². The number of ketones is 1. The van der Waals surface area contributed by atoms with Gasteiger partial charge < -0.3 is 9.47 Å². The number of carbonyl (C=O) groups is 1. The van der Waals surface area contributed by atoms with Crippen molar-refractivity contribution in [2.24, 2.45) is 17.3 Å². The largest absolute Gasteiger partial charge is 0.359 e. The summed E-state index contributed by atoms with van der Waals surface area (Å²) in [6, 6.07) is 0. The van der Waals surface area contributed by atoms with Crippen molar-refractivity contribution in [2.75, 3.05) is 20.5 Å². The van der Waals surface area contributed by atoms with Crippen LogP contribution in [0, 0.1) is 17.3 Å². The molecular weight excluding hydrogens is 204 g/mol. The summed E-state index contributed by atoms with van der Waals surface area (Å²) in [7, 11) is 1.63. The molecule has 3 heteroatoms. The molecular formula is C13H20O3. The number of hydrogen-bond donors (Lipinski definition) is 0. The summed E-state index contributed by atoms with van der Waals surface area (Å²) in [6.07, 6.45) is 7.04. The number of methoxy groups -OCH3 is 1. The van der Waals surface area contributed by atoms with Gasteiger partial charge in [-0.1, -0.05) is 13.0 Å². The van der Waals surface area contributed by atoms with Crippen LogP contribution in [0.2, 0.25) is 0 Å². The van der Waals surface area contributed by atoms with Gasteiger partial charge in [0.15, 0.2) is 5.78 Å². The van der Waals surface area contributed by atoms with Crippen LogP contribution in [0.4, 0.5) is 0 Å². The molecule has 0 aromatic rings. The molecule has 0 saturated heterocycles. The van der Waals surface area contributed by atoms with Gasteiger partial charge in [0.25, 0.3) is 0 Å². The molecule has 2 bridgehead atoms. The molecule has 0 amide bonds. The van der Waals surface area contributed by atoms with Crippen molar-refractivity contribution in [3.05, 3.63) is 12.2 Å². The first kappa shape index (κ1) is 11.8. The van der Waals surface area contributed by atoms with Gasteiger partial charge in [-0.05, 0) is 36.7 Å². The number of hydrogen-bond acceptors (Lipinski definition) is 3. The first-order valence-corrected chi connectivity index (χ1v) is 5.97. The zero-order valence-corrected chi connectivity index (χ0v) is 10.1. The second kappa shape index (κ2) is 4.68. The third kappa shape index (κ3) is 2.20. The van der Waals surface area contributed by atoms with E-state index in [-0.39, 0.29) is 11.3 Å². The summed E-state index contributed by atoms with van der Waals surface area (Å²) in [4.78, 5) is 11.6. The summed E-state index contributed by atoms with van der Waals surface area (Å²) in [5.74, 6) is 1.09. The smallest absolute Gasteiger partial charge is 0.158 e. The maximum absolute atomic E-state index is 11.6. The fourth-order valence-corrected chi connectivity index (χ4v) is 3.11. The van der Waals surface area contributed by atoms with Crippen molar-refractivity contribution in [2.45, 2.75) is 26.2 Å². The van der Waals surface area contributed by atoms with Gasteiger partial charge >= 0.3 is 0 Å². The lowest BCUT2D eigenvalue weighted by Crippen LogP contribution is -2.23. The average molecular weight is 224 g/mol. The molecule has 0 aromatic heterocycles. The molecule has 0 heterocycles. The highest BCUT2D eigenvalue weighted by Gasteiger charge is 2.46. The lowest BCUT2D eigenvalue weighted by atomic mass is 9.78. The summed E-state index contributed by atoms with van der Waals surface area (Å²) < 4.78 is 10.2. The summed E-state index contributed by atoms with van der Waals surface area (Å²) >= 11 is 0. The quantitative estimate of drug-likeness (QED) is 0.530. The first-order chi connectivity index (χ1) is 7.67. The van der Waals surface area contributed by atoms with E-state index in [2.05, 4.69) is 13.0 Å². The van der Waals surface area contributed by atoms with Gasteiger partial charge in [-0.25, -0.2) is 0 Å². The summed E-state index contributed by atoms with van der Waals surface area (Å²) in [5, 5.41) is 0. The number of allylic oxidation sites excluding steroid dienone is 2. The van der Waals surface area contributed by atoms with E-state index in [1.54, 1.807) is 13.2 Å². The van der Waals surface area contributed by atoms with Crippen LogP contribution in [-0.2, 0) is 14.3 Å². The minimum atomic E-state index is 0.214. The van der Waals surface area contributed by atoms with Crippen molar-refractivity contribution in [3.8, 4) is 0 Å². The van der Waals surface area contributed by atoms with Crippen LogP contribution in [0.15, 0.2) is 12.2 Å². The van der Waals surface area contributed by atoms with Crippen LogP contribution in [0.3, 0.4) is 0 Å². The van der Waals surface area contributed by atoms with E-state index in [0.717, 1.165) is 19.3 Å². The van der Waals surface area contributed by atoms with Gasteiger partial charge in [-0.3, -0.25) is 4.79 Å². The van der Waals surface area contributed by atoms with Crippen molar-refractivity contribution in [1.29, 1.82) is 0 Å². The standard InChI is InChI=1S/C13H20O3/c1-10-7-13(5-6-16-9-15-2)4-3-12(14)11(10)8-13/h3-4,10-11H,5-9H2,1-2H3/t10-,11+,13-/m0/s1. The van der Waals surface area contributed by atoms with Crippen LogP contribution >= 0.6 is 0 Å². The van der Waals surface area contributed by atoms with Gasteiger partial charge in [0.05, 0.1) is 6.61 Å². The van der Waals surface area contributed by atoms with E-state index in [1.165, 1.54) is 0 Å². The number of ether oxygens (including phenoxy) is 2. The molecule has 0 spiro atoms. The Bertz CT molecular complexity index is 298. The monoisotopic (exact) mass is 224 g/mol. The topological polar surface area (TPSA) is 35.5 Å². The van der Waals surface area contributed by atoms with Crippen molar-refractivity contribution in [1.82, 2.24) is 0 Å². The zero-order valence-electron chi connectivity index (χ0n) is 10.1. The minimum absolute atomic E-state index is 0.214. The molecule has 16 heavy (non-hydrogen) atoms. The Labute approximate surface area is 96.8 Å². The second-order valence-corrected chi connectivity index (χ2v) is 5.15. The van der Waals surface area contributed by atoms with E-state index in [0.29, 0.717) is 25.1 Å². The van der Waals surface area contributed by atoms with E-state index in [4.69, 9.17) is 9.47 Å². The Hall–Kier alpha value is -0.670. The molecule has 3 atom stereocenters. The summed E-state index contributed by atoms with van der Waals surface area (Å²) in [5.41, 5.74) is 0.214. The SMILES string of the molecule is COCOCC[C@]12C=CC(=O)[C@H](C1)[C@@H](C)C2. The van der Waals surface area contributed by atoms with Crippen molar-refractivity contribution < 1.29 is 14.3 Å². The third-order valence-electron chi connectivity index (χ3n) is 3.95. The van der Waals surface area contributed by atoms with Gasteiger partial charge in [0.1, 0.15) is 6.79 Å². The van der Waals surface area contributed by atoms with Crippen LogP contribution in [-0.4, -0.2) is 26.3 Å². The molecule has 0 aliphatic heterocycles. The first-order valence-electron chi connectivity index (χ1n) is 5.97. The Balaban J connectivity index is 1.93. The predicted molar refractivity (Wildman–Crippen MR) is 60.9 cm³/mol. The Kier molecular flexibility index (Phi) is 3.45. The molecule has 0 N–H and O–H groups in total. The van der Waals surface area contributed by atoms with Crippen molar-refractivity contribution in [3.63, 3.8) is 0 Å². The second-order valence-electron chi connectivity index (χ2n) is 5.15. The normalized spacial score (nSPS) is 37.0. The highest BCUT2D eigenvalue weighted by molar-refractivity contribution is 5.93. The molecule has 0 unspecified atom stereocenters. The molecule has 2 aliphatic carbocycles. The van der Waals surface area contributed by atoms with E-state index < -0.39 is 0 Å². The van der Waals surface area contributed by atoms with Crippen molar-refractivity contribution >= 4 is 5.78 Å². The van der Waals surface area contributed by atoms with Crippen LogP contribution in [0.25, 0.3) is 0 Å². The molecule has 90 valence electrons. The maximum Gasteiger partial charge on any atom is 0.158 e. The Morgan fingerprint density at radius 2 is 2.31 bits per heavy atom. The van der Waals surface area contributed by atoms with Crippen LogP contribution < -0.4 is 0 Å². The molecule has 1 fully saturated rings. The Morgan fingerprint density at radius 3 is 3.06 bits per heavy atom. The molecule has 1 saturated carbocycles. The minimum Gasteiger partial charge on any atom is -0.359 e. The number of rotatable bonds is 5. The predicted octanol–water partition coefficient (Wildman–Crippen LogP) is 2.17. The molecule has 0 radical (unpaired) electrons. The molecule has 3 nitrogen and oxygen atoms in total. The summed E-state index contributed by atoms with van der Waals surface area (Å²) in [6.45, 7) is 3.26. The number of fused-ring (bicyclic) bond motifs is 2. The van der Waals surface area contributed by atoms with Gasteiger partial charge in [0.2, 0.25) is 0 Å². The molecule has 0 aromatic carbocycles. The highest BCUT2D eigenvalue weighted by Crippen LogP contribution is 2.51.